The first-order chi connectivity index (χ1) is 18.6. The molecule has 0 heterocycles. The van der Waals surface area contributed by atoms with Crippen LogP contribution in [0.5, 0.6) is 0 Å². The molecule has 0 radical (unpaired) electrons. The SMILES string of the molecule is Cc1ccc(C(C(=O)NC2CCCCC2)N(CCO)C(=O)C(Cc2ccccc2)NC(=O)OC(C)(C)C)cc1. The van der Waals surface area contributed by atoms with Crippen LogP contribution in [0.4, 0.5) is 4.79 Å². The van der Waals surface area contributed by atoms with Gasteiger partial charge in [0.05, 0.1) is 6.61 Å². The molecule has 2 aromatic carbocycles. The van der Waals surface area contributed by atoms with Crippen LogP contribution in [0.1, 0.15) is 75.6 Å². The number of hydrogen-bond donors (Lipinski definition) is 3. The number of aliphatic hydroxyl groups is 1. The lowest BCUT2D eigenvalue weighted by atomic mass is 9.94. The van der Waals surface area contributed by atoms with Gasteiger partial charge in [-0.1, -0.05) is 79.4 Å². The van der Waals surface area contributed by atoms with Gasteiger partial charge in [-0.25, -0.2) is 4.79 Å². The van der Waals surface area contributed by atoms with Gasteiger partial charge in [-0.3, -0.25) is 9.59 Å². The van der Waals surface area contributed by atoms with Gasteiger partial charge in [-0.05, 0) is 51.7 Å². The van der Waals surface area contributed by atoms with E-state index in [9.17, 15) is 19.5 Å². The highest BCUT2D eigenvalue weighted by molar-refractivity contribution is 5.92. The fourth-order valence-electron chi connectivity index (χ4n) is 4.92. The first-order valence-corrected chi connectivity index (χ1v) is 13.9. The Kier molecular flexibility index (Phi) is 10.9. The highest BCUT2D eigenvalue weighted by Gasteiger charge is 2.37. The van der Waals surface area contributed by atoms with E-state index in [0.717, 1.165) is 43.2 Å². The molecular weight excluding hydrogens is 494 g/mol. The van der Waals surface area contributed by atoms with Crippen LogP contribution in [0.25, 0.3) is 0 Å². The maximum atomic E-state index is 14.2. The minimum atomic E-state index is -1.01. The summed E-state index contributed by atoms with van der Waals surface area (Å²) in [6.07, 6.45) is 4.54. The fraction of sp³-hybridized carbons (Fsp3) is 0.516. The monoisotopic (exact) mass is 537 g/mol. The van der Waals surface area contributed by atoms with E-state index in [1.807, 2.05) is 61.5 Å². The van der Waals surface area contributed by atoms with Crippen molar-refractivity contribution in [1.82, 2.24) is 15.5 Å². The molecule has 0 saturated heterocycles. The quantitative estimate of drug-likeness (QED) is 0.415. The van der Waals surface area contributed by atoms with Crippen LogP contribution in [0, 0.1) is 6.92 Å². The molecular formula is C31H43N3O5. The molecule has 0 spiro atoms. The summed E-state index contributed by atoms with van der Waals surface area (Å²) >= 11 is 0. The zero-order chi connectivity index (χ0) is 28.4. The molecule has 3 amide bonds. The summed E-state index contributed by atoms with van der Waals surface area (Å²) in [7, 11) is 0. The standard InChI is InChI=1S/C31H43N3O5/c1-22-15-17-24(18-16-22)27(28(36)32-25-13-9-6-10-14-25)34(19-20-35)29(37)26(21-23-11-7-5-8-12-23)33-30(38)39-31(2,3)4/h5,7-8,11-12,15-18,25-27,35H,6,9-10,13-14,19-21H2,1-4H3,(H,32,36)(H,33,38). The Bertz CT molecular complexity index is 1080. The number of carbonyl (C=O) groups excluding carboxylic acids is 3. The van der Waals surface area contributed by atoms with Gasteiger partial charge in [0.2, 0.25) is 11.8 Å². The van der Waals surface area contributed by atoms with Gasteiger partial charge in [0.15, 0.2) is 0 Å². The van der Waals surface area contributed by atoms with Gasteiger partial charge < -0.3 is 25.4 Å². The van der Waals surface area contributed by atoms with Crippen LogP contribution in [-0.2, 0) is 20.7 Å². The Morgan fingerprint density at radius 2 is 1.64 bits per heavy atom. The average Bonchev–Trinajstić information content (AvgIpc) is 2.89. The van der Waals surface area contributed by atoms with E-state index < -0.39 is 29.7 Å². The van der Waals surface area contributed by atoms with E-state index in [2.05, 4.69) is 10.6 Å². The summed E-state index contributed by atoms with van der Waals surface area (Å²) in [5, 5.41) is 15.9. The Hall–Kier alpha value is -3.39. The third-order valence-electron chi connectivity index (χ3n) is 6.80. The van der Waals surface area contributed by atoms with Crippen LogP contribution in [0.3, 0.4) is 0 Å². The van der Waals surface area contributed by atoms with Crippen LogP contribution in [0.2, 0.25) is 0 Å². The average molecular weight is 538 g/mol. The smallest absolute Gasteiger partial charge is 0.408 e. The molecule has 39 heavy (non-hydrogen) atoms. The molecule has 2 atom stereocenters. The van der Waals surface area contributed by atoms with Gasteiger partial charge in [-0.15, -0.1) is 0 Å². The number of rotatable bonds is 10. The third-order valence-corrected chi connectivity index (χ3v) is 6.80. The predicted molar refractivity (Wildman–Crippen MR) is 151 cm³/mol. The summed E-state index contributed by atoms with van der Waals surface area (Å²) in [5.74, 6) is -0.758. The summed E-state index contributed by atoms with van der Waals surface area (Å²) in [4.78, 5) is 42.2. The van der Waals surface area contributed by atoms with Crippen molar-refractivity contribution < 1.29 is 24.2 Å². The minimum Gasteiger partial charge on any atom is -0.444 e. The van der Waals surface area contributed by atoms with E-state index in [1.165, 1.54) is 4.90 Å². The van der Waals surface area contributed by atoms with Crippen LogP contribution in [0.15, 0.2) is 54.6 Å². The topological polar surface area (TPSA) is 108 Å². The molecule has 1 saturated carbocycles. The van der Waals surface area contributed by atoms with Crippen molar-refractivity contribution >= 4 is 17.9 Å². The molecule has 2 aromatic rings. The number of nitrogens with zero attached hydrogens (tertiary/aromatic N) is 1. The molecule has 0 bridgehead atoms. The van der Waals surface area contributed by atoms with Crippen molar-refractivity contribution in [3.05, 3.63) is 71.3 Å². The molecule has 3 N–H and O–H groups in total. The van der Waals surface area contributed by atoms with E-state index in [0.29, 0.717) is 5.56 Å². The van der Waals surface area contributed by atoms with Crippen molar-refractivity contribution in [2.75, 3.05) is 13.2 Å². The number of benzene rings is 2. The molecule has 0 aliphatic heterocycles. The molecule has 0 aromatic heterocycles. The Balaban J connectivity index is 1.96. The molecule has 8 heteroatoms. The summed E-state index contributed by atoms with van der Waals surface area (Å²) in [5.41, 5.74) is 1.76. The van der Waals surface area contributed by atoms with E-state index in [-0.39, 0.29) is 31.5 Å². The molecule has 8 nitrogen and oxygen atoms in total. The van der Waals surface area contributed by atoms with Gasteiger partial charge in [0.1, 0.15) is 17.7 Å². The van der Waals surface area contributed by atoms with Gasteiger partial charge in [0.25, 0.3) is 0 Å². The molecule has 1 fully saturated rings. The number of ether oxygens (including phenoxy) is 1. The van der Waals surface area contributed by atoms with Gasteiger partial charge in [-0.2, -0.15) is 0 Å². The lowest BCUT2D eigenvalue weighted by molar-refractivity contribution is -0.143. The van der Waals surface area contributed by atoms with Gasteiger partial charge in [0, 0.05) is 19.0 Å². The number of amides is 3. The van der Waals surface area contributed by atoms with Crippen molar-refractivity contribution in [2.45, 2.75) is 89.9 Å². The second-order valence-electron chi connectivity index (χ2n) is 11.3. The second-order valence-corrected chi connectivity index (χ2v) is 11.3. The third kappa shape index (κ3) is 9.39. The Morgan fingerprint density at radius 1 is 1.00 bits per heavy atom. The molecule has 1 aliphatic rings. The lowest BCUT2D eigenvalue weighted by Crippen LogP contribution is -2.55. The Morgan fingerprint density at radius 3 is 2.23 bits per heavy atom. The zero-order valence-corrected chi connectivity index (χ0v) is 23.6. The second kappa shape index (κ2) is 14.1. The summed E-state index contributed by atoms with van der Waals surface area (Å²) in [6.45, 7) is 6.80. The van der Waals surface area contributed by atoms with E-state index in [4.69, 9.17) is 4.74 Å². The molecule has 2 unspecified atom stereocenters. The van der Waals surface area contributed by atoms with E-state index in [1.54, 1.807) is 20.8 Å². The highest BCUT2D eigenvalue weighted by atomic mass is 16.6. The lowest BCUT2D eigenvalue weighted by Gasteiger charge is -2.35. The van der Waals surface area contributed by atoms with Crippen LogP contribution >= 0.6 is 0 Å². The summed E-state index contributed by atoms with van der Waals surface area (Å²) < 4.78 is 5.45. The molecule has 1 aliphatic carbocycles. The highest BCUT2D eigenvalue weighted by Crippen LogP contribution is 2.25. The van der Waals surface area contributed by atoms with Crippen molar-refractivity contribution in [1.29, 1.82) is 0 Å². The van der Waals surface area contributed by atoms with Crippen molar-refractivity contribution in [3.8, 4) is 0 Å². The first kappa shape index (κ1) is 30.2. The largest absolute Gasteiger partial charge is 0.444 e. The first-order valence-electron chi connectivity index (χ1n) is 13.9. The predicted octanol–water partition coefficient (Wildman–Crippen LogP) is 4.44. The maximum Gasteiger partial charge on any atom is 0.408 e. The van der Waals surface area contributed by atoms with Crippen LogP contribution in [-0.4, -0.2) is 58.8 Å². The van der Waals surface area contributed by atoms with Gasteiger partial charge >= 0.3 is 6.09 Å². The number of aliphatic hydroxyl groups excluding tert-OH is 1. The number of nitrogens with one attached hydrogen (secondary N) is 2. The molecule has 3 rings (SSSR count). The maximum absolute atomic E-state index is 14.2. The van der Waals surface area contributed by atoms with E-state index >= 15 is 0 Å². The normalized spacial score (nSPS) is 15.6. The number of alkyl carbamates (subject to hydrolysis) is 1. The number of aryl methyl sites for hydroxylation is 1. The molecule has 212 valence electrons. The zero-order valence-electron chi connectivity index (χ0n) is 23.6. The van der Waals surface area contributed by atoms with Crippen LogP contribution < -0.4 is 10.6 Å². The fourth-order valence-corrected chi connectivity index (χ4v) is 4.92. The Labute approximate surface area is 232 Å². The van der Waals surface area contributed by atoms with Crippen molar-refractivity contribution in [3.63, 3.8) is 0 Å². The number of carbonyl (C=O) groups is 3. The summed E-state index contributed by atoms with van der Waals surface area (Å²) in [6, 6.07) is 14.9. The minimum absolute atomic E-state index is 0.0466. The number of hydrogen-bond acceptors (Lipinski definition) is 5. The van der Waals surface area contributed by atoms with Crippen molar-refractivity contribution in [2.24, 2.45) is 0 Å².